The molecule has 1 atom stereocenters. The van der Waals surface area contributed by atoms with E-state index < -0.39 is 0 Å². The lowest BCUT2D eigenvalue weighted by Crippen LogP contribution is -2.38. The molecule has 7 nitrogen and oxygen atoms in total. The summed E-state index contributed by atoms with van der Waals surface area (Å²) in [6.45, 7) is 4.14. The molecule has 0 spiro atoms. The number of nitrogens with one attached hydrogen (secondary N) is 1. The second-order valence-corrected chi connectivity index (χ2v) is 7.19. The second-order valence-electron chi connectivity index (χ2n) is 7.19. The number of rotatable bonds is 4. The molecule has 7 heteroatoms. The molecule has 2 N–H and O–H groups in total. The first-order valence-corrected chi connectivity index (χ1v) is 9.54. The van der Waals surface area contributed by atoms with Crippen LogP contribution in [0, 0.1) is 6.92 Å². The summed E-state index contributed by atoms with van der Waals surface area (Å²) in [5.74, 6) is 2.22. The minimum absolute atomic E-state index is 0.276. The van der Waals surface area contributed by atoms with Crippen LogP contribution in [0.3, 0.4) is 0 Å². The molecular weight excluding hydrogens is 328 g/mol. The number of β-amino-alcohol motifs (C(OH)–C–C–N with tert-alkyl or cyclic N) is 1. The third-order valence-electron chi connectivity index (χ3n) is 5.20. The van der Waals surface area contributed by atoms with Gasteiger partial charge in [-0.2, -0.15) is 4.98 Å². The number of aryl methyl sites for hydroxylation is 2. The molecule has 0 radical (unpaired) electrons. The maximum atomic E-state index is 9.87. The largest absolute Gasteiger partial charge is 0.391 e. The molecule has 0 saturated carbocycles. The van der Waals surface area contributed by atoms with Crippen molar-refractivity contribution in [3.05, 3.63) is 35.0 Å². The van der Waals surface area contributed by atoms with Crippen molar-refractivity contribution in [1.82, 2.24) is 19.9 Å². The molecule has 138 valence electrons. The molecule has 1 saturated heterocycles. The van der Waals surface area contributed by atoms with Crippen LogP contribution in [0.4, 0.5) is 11.8 Å². The van der Waals surface area contributed by atoms with Crippen LogP contribution in [-0.2, 0) is 19.4 Å². The minimum atomic E-state index is -0.276. The van der Waals surface area contributed by atoms with Crippen LogP contribution in [0.2, 0.25) is 0 Å². The summed E-state index contributed by atoms with van der Waals surface area (Å²) in [6, 6.07) is 1.89. The number of aliphatic hydroxyl groups is 1. The summed E-state index contributed by atoms with van der Waals surface area (Å²) in [5.41, 5.74) is 3.64. The summed E-state index contributed by atoms with van der Waals surface area (Å²) in [5, 5.41) is 13.1. The van der Waals surface area contributed by atoms with Gasteiger partial charge in [0, 0.05) is 30.7 Å². The van der Waals surface area contributed by atoms with Gasteiger partial charge in [-0.25, -0.2) is 15.0 Å². The van der Waals surface area contributed by atoms with E-state index in [9.17, 15) is 5.11 Å². The zero-order chi connectivity index (χ0) is 17.9. The van der Waals surface area contributed by atoms with Gasteiger partial charge >= 0.3 is 0 Å². The minimum Gasteiger partial charge on any atom is -0.391 e. The first-order chi connectivity index (χ1) is 12.7. The number of anilines is 2. The van der Waals surface area contributed by atoms with E-state index in [0.717, 1.165) is 49.6 Å². The van der Waals surface area contributed by atoms with Gasteiger partial charge in [-0.3, -0.25) is 0 Å². The van der Waals surface area contributed by atoms with Crippen LogP contribution in [0.15, 0.2) is 12.3 Å². The van der Waals surface area contributed by atoms with Gasteiger partial charge in [-0.1, -0.05) is 0 Å². The van der Waals surface area contributed by atoms with Crippen LogP contribution in [0.25, 0.3) is 0 Å². The predicted octanol–water partition coefficient (Wildman–Crippen LogP) is 2.03. The van der Waals surface area contributed by atoms with E-state index in [-0.39, 0.29) is 6.10 Å². The number of aliphatic hydroxyl groups excluding tert-OH is 1. The molecule has 3 heterocycles. The van der Waals surface area contributed by atoms with Gasteiger partial charge in [0.05, 0.1) is 12.6 Å². The number of piperidine rings is 1. The topological polar surface area (TPSA) is 87.1 Å². The van der Waals surface area contributed by atoms with Crippen molar-refractivity contribution < 1.29 is 5.11 Å². The van der Waals surface area contributed by atoms with E-state index in [1.54, 1.807) is 6.20 Å². The maximum Gasteiger partial charge on any atom is 0.224 e. The highest BCUT2D eigenvalue weighted by atomic mass is 16.3. The molecule has 1 aliphatic carbocycles. The summed E-state index contributed by atoms with van der Waals surface area (Å²) in [6.07, 6.45) is 7.92. The molecule has 1 aliphatic heterocycles. The van der Waals surface area contributed by atoms with E-state index >= 15 is 0 Å². The summed E-state index contributed by atoms with van der Waals surface area (Å²) < 4.78 is 0. The van der Waals surface area contributed by atoms with Crippen molar-refractivity contribution in [3.63, 3.8) is 0 Å². The lowest BCUT2D eigenvalue weighted by molar-refractivity contribution is 0.154. The Kier molecular flexibility index (Phi) is 4.97. The molecule has 4 rings (SSSR count). The normalized spacial score (nSPS) is 19.9. The second kappa shape index (κ2) is 7.53. The van der Waals surface area contributed by atoms with Crippen molar-refractivity contribution in [2.75, 3.05) is 23.3 Å². The van der Waals surface area contributed by atoms with Crippen molar-refractivity contribution in [1.29, 1.82) is 0 Å². The molecule has 0 aromatic carbocycles. The van der Waals surface area contributed by atoms with Crippen molar-refractivity contribution in [3.8, 4) is 0 Å². The Morgan fingerprint density at radius 3 is 2.96 bits per heavy atom. The number of hydrogen-bond acceptors (Lipinski definition) is 7. The zero-order valence-electron chi connectivity index (χ0n) is 15.3. The molecule has 0 bridgehead atoms. The Balaban J connectivity index is 1.45. The van der Waals surface area contributed by atoms with Crippen LogP contribution in [-0.4, -0.2) is 44.2 Å². The van der Waals surface area contributed by atoms with Crippen LogP contribution in [0.5, 0.6) is 0 Å². The first-order valence-electron chi connectivity index (χ1n) is 9.54. The van der Waals surface area contributed by atoms with Gasteiger partial charge in [0.15, 0.2) is 0 Å². The summed E-state index contributed by atoms with van der Waals surface area (Å²) in [7, 11) is 0. The molecule has 2 aromatic rings. The van der Waals surface area contributed by atoms with Gasteiger partial charge in [0.2, 0.25) is 5.95 Å². The fourth-order valence-corrected chi connectivity index (χ4v) is 3.85. The molecule has 26 heavy (non-hydrogen) atoms. The smallest absolute Gasteiger partial charge is 0.224 e. The van der Waals surface area contributed by atoms with Gasteiger partial charge in [0.25, 0.3) is 0 Å². The lowest BCUT2D eigenvalue weighted by atomic mass is 9.95. The Labute approximate surface area is 153 Å². The lowest BCUT2D eigenvalue weighted by Gasteiger charge is -2.31. The Morgan fingerprint density at radius 1 is 1.19 bits per heavy atom. The van der Waals surface area contributed by atoms with Crippen LogP contribution >= 0.6 is 0 Å². The predicted molar refractivity (Wildman–Crippen MR) is 100 cm³/mol. The van der Waals surface area contributed by atoms with E-state index in [1.807, 2.05) is 6.07 Å². The molecule has 1 fully saturated rings. The van der Waals surface area contributed by atoms with E-state index in [4.69, 9.17) is 4.98 Å². The monoisotopic (exact) mass is 354 g/mol. The average molecular weight is 354 g/mol. The Bertz CT molecular complexity index is 781. The molecule has 1 unspecified atom stereocenters. The van der Waals surface area contributed by atoms with Gasteiger partial charge < -0.3 is 15.3 Å². The Morgan fingerprint density at radius 2 is 2.08 bits per heavy atom. The first kappa shape index (κ1) is 17.1. The van der Waals surface area contributed by atoms with Gasteiger partial charge in [-0.15, -0.1) is 0 Å². The van der Waals surface area contributed by atoms with Crippen molar-refractivity contribution in [2.24, 2.45) is 0 Å². The highest BCUT2D eigenvalue weighted by Crippen LogP contribution is 2.22. The average Bonchev–Trinajstić information content (AvgIpc) is 2.67. The van der Waals surface area contributed by atoms with Gasteiger partial charge in [0.1, 0.15) is 11.6 Å². The van der Waals surface area contributed by atoms with Crippen molar-refractivity contribution >= 4 is 11.8 Å². The zero-order valence-corrected chi connectivity index (χ0v) is 15.3. The van der Waals surface area contributed by atoms with Crippen LogP contribution in [0.1, 0.15) is 48.5 Å². The highest BCUT2D eigenvalue weighted by molar-refractivity contribution is 5.43. The molecule has 0 amide bonds. The fraction of sp³-hybridized carbons (Fsp3) is 0.579. The number of aromatic nitrogens is 4. The third-order valence-corrected chi connectivity index (χ3v) is 5.20. The third kappa shape index (κ3) is 3.77. The summed E-state index contributed by atoms with van der Waals surface area (Å²) >= 11 is 0. The summed E-state index contributed by atoms with van der Waals surface area (Å²) in [4.78, 5) is 20.4. The standard InChI is InChI=1S/C19H26N6O/c1-13-15-6-2-3-7-16(15)23-17(22-13)11-21-19-20-9-8-18(24-19)25-10-4-5-14(26)12-25/h8-9,14,26H,2-7,10-12H2,1H3,(H,20,21,24). The molecular formula is C19H26N6O. The number of hydrogen-bond donors (Lipinski definition) is 2. The SMILES string of the molecule is Cc1nc(CNc2nccc(N3CCCC(O)C3)n2)nc2c1CCCC2. The Hall–Kier alpha value is -2.28. The van der Waals surface area contributed by atoms with Crippen LogP contribution < -0.4 is 10.2 Å². The van der Waals surface area contributed by atoms with E-state index in [0.29, 0.717) is 19.0 Å². The quantitative estimate of drug-likeness (QED) is 0.868. The fourth-order valence-electron chi connectivity index (χ4n) is 3.85. The van der Waals surface area contributed by atoms with Gasteiger partial charge in [-0.05, 0) is 57.1 Å². The highest BCUT2D eigenvalue weighted by Gasteiger charge is 2.19. The molecule has 2 aromatic heterocycles. The number of fused-ring (bicyclic) bond motifs is 1. The number of nitrogens with zero attached hydrogens (tertiary/aromatic N) is 5. The van der Waals surface area contributed by atoms with Crippen molar-refractivity contribution in [2.45, 2.75) is 58.1 Å². The molecule has 2 aliphatic rings. The van der Waals surface area contributed by atoms with E-state index in [2.05, 4.69) is 32.1 Å². The maximum absolute atomic E-state index is 9.87. The van der Waals surface area contributed by atoms with E-state index in [1.165, 1.54) is 24.1 Å².